The molecule has 2 aliphatic rings. The Kier molecular flexibility index (Phi) is 3.71. The van der Waals surface area contributed by atoms with Crippen LogP contribution in [0.5, 0.6) is 0 Å². The van der Waals surface area contributed by atoms with E-state index >= 15 is 0 Å². The summed E-state index contributed by atoms with van der Waals surface area (Å²) in [5.74, 6) is -2.03. The zero-order valence-electron chi connectivity index (χ0n) is 11.0. The van der Waals surface area contributed by atoms with Crippen LogP contribution in [0, 0.1) is 5.82 Å². The number of hydrogen-bond donors (Lipinski definition) is 1. The van der Waals surface area contributed by atoms with Crippen molar-refractivity contribution < 1.29 is 23.8 Å². The number of morpholine rings is 1. The Labute approximate surface area is 128 Å². The van der Waals surface area contributed by atoms with E-state index in [9.17, 15) is 19.1 Å². The predicted octanol–water partition coefficient (Wildman–Crippen LogP) is 2.10. The monoisotopic (exact) mass is 357 g/mol. The molecule has 1 amide bonds. The molecule has 5 nitrogen and oxygen atoms in total. The summed E-state index contributed by atoms with van der Waals surface area (Å²) in [6.07, 6.45) is 0.374. The Morgan fingerprint density at radius 1 is 1.43 bits per heavy atom. The number of amides is 1. The second-order valence-electron chi connectivity index (χ2n) is 5.21. The zero-order valence-corrected chi connectivity index (χ0v) is 12.5. The highest BCUT2D eigenvalue weighted by Crippen LogP contribution is 2.40. The third-order valence-corrected chi connectivity index (χ3v) is 4.22. The van der Waals surface area contributed by atoms with Crippen molar-refractivity contribution in [2.75, 3.05) is 6.61 Å². The van der Waals surface area contributed by atoms with E-state index in [4.69, 9.17) is 4.74 Å². The molecule has 2 atom stereocenters. The Morgan fingerprint density at radius 2 is 2.14 bits per heavy atom. The van der Waals surface area contributed by atoms with Crippen LogP contribution in [0.15, 0.2) is 22.7 Å². The molecule has 1 aliphatic heterocycles. The fourth-order valence-electron chi connectivity index (χ4n) is 2.67. The molecule has 7 heteroatoms. The highest BCUT2D eigenvalue weighted by Gasteiger charge is 2.48. The normalized spacial score (nSPS) is 26.0. The van der Waals surface area contributed by atoms with Crippen LogP contribution in [-0.2, 0) is 14.3 Å². The maximum Gasteiger partial charge on any atom is 0.335 e. The highest BCUT2D eigenvalue weighted by molar-refractivity contribution is 9.10. The van der Waals surface area contributed by atoms with E-state index in [2.05, 4.69) is 15.9 Å². The minimum atomic E-state index is -1.25. The van der Waals surface area contributed by atoms with Crippen LogP contribution in [0.3, 0.4) is 0 Å². The van der Waals surface area contributed by atoms with Crippen molar-refractivity contribution in [2.24, 2.45) is 0 Å². The molecular formula is C14H13BrFNO4. The van der Waals surface area contributed by atoms with Gasteiger partial charge in [-0.15, -0.1) is 0 Å². The summed E-state index contributed by atoms with van der Waals surface area (Å²) in [5.41, 5.74) is 0.172. The lowest BCUT2D eigenvalue weighted by Crippen LogP contribution is -2.52. The standard InChI is InChI=1S/C14H13BrFNO4/c15-7-1-4-9(10(16)5-7)12-13(14(19)20)21-6-11(18)17(12)8-2-3-8/h1,4-5,8,12-13H,2-3,6H2,(H,19,20). The van der Waals surface area contributed by atoms with Crippen LogP contribution in [0.2, 0.25) is 0 Å². The molecule has 0 spiro atoms. The van der Waals surface area contributed by atoms with Crippen molar-refractivity contribution in [3.05, 3.63) is 34.1 Å². The summed E-state index contributed by atoms with van der Waals surface area (Å²) in [4.78, 5) is 25.0. The summed E-state index contributed by atoms with van der Waals surface area (Å²) in [6, 6.07) is 3.44. The van der Waals surface area contributed by atoms with E-state index in [-0.39, 0.29) is 24.1 Å². The van der Waals surface area contributed by atoms with Gasteiger partial charge in [-0.3, -0.25) is 4.79 Å². The number of ether oxygens (including phenoxy) is 1. The van der Waals surface area contributed by atoms with Gasteiger partial charge in [-0.05, 0) is 25.0 Å². The lowest BCUT2D eigenvalue weighted by atomic mass is 9.97. The average molecular weight is 358 g/mol. The van der Waals surface area contributed by atoms with Gasteiger partial charge in [0.05, 0.1) is 6.04 Å². The first-order chi connectivity index (χ1) is 9.99. The lowest BCUT2D eigenvalue weighted by Gasteiger charge is -2.39. The second kappa shape index (κ2) is 5.38. The molecule has 1 aliphatic carbocycles. The fraction of sp³-hybridized carbons (Fsp3) is 0.429. The van der Waals surface area contributed by atoms with Crippen molar-refractivity contribution in [2.45, 2.75) is 31.0 Å². The van der Waals surface area contributed by atoms with Crippen LogP contribution in [-0.4, -0.2) is 40.6 Å². The largest absolute Gasteiger partial charge is 0.479 e. The smallest absolute Gasteiger partial charge is 0.335 e. The molecule has 21 heavy (non-hydrogen) atoms. The molecule has 2 fully saturated rings. The van der Waals surface area contributed by atoms with Crippen LogP contribution in [0.25, 0.3) is 0 Å². The van der Waals surface area contributed by atoms with Crippen LogP contribution >= 0.6 is 15.9 Å². The molecule has 1 aromatic rings. The summed E-state index contributed by atoms with van der Waals surface area (Å²) >= 11 is 3.16. The van der Waals surface area contributed by atoms with Gasteiger partial charge in [0, 0.05) is 16.1 Å². The zero-order chi connectivity index (χ0) is 15.1. The number of carbonyl (C=O) groups is 2. The number of aliphatic carboxylic acids is 1. The van der Waals surface area contributed by atoms with Crippen molar-refractivity contribution in [1.29, 1.82) is 0 Å². The lowest BCUT2D eigenvalue weighted by molar-refractivity contribution is -0.174. The molecule has 1 saturated heterocycles. The van der Waals surface area contributed by atoms with Crippen LogP contribution < -0.4 is 0 Å². The van der Waals surface area contributed by atoms with E-state index in [0.717, 1.165) is 12.8 Å². The van der Waals surface area contributed by atoms with Crippen molar-refractivity contribution in [1.82, 2.24) is 4.90 Å². The quantitative estimate of drug-likeness (QED) is 0.899. The second-order valence-corrected chi connectivity index (χ2v) is 6.13. The van der Waals surface area contributed by atoms with Crippen molar-refractivity contribution >= 4 is 27.8 Å². The van der Waals surface area contributed by atoms with Crippen molar-refractivity contribution in [3.8, 4) is 0 Å². The summed E-state index contributed by atoms with van der Waals surface area (Å²) < 4.78 is 19.9. The third-order valence-electron chi connectivity index (χ3n) is 3.73. The molecule has 1 aromatic carbocycles. The molecule has 2 unspecified atom stereocenters. The average Bonchev–Trinajstić information content (AvgIpc) is 3.22. The first-order valence-electron chi connectivity index (χ1n) is 6.59. The maximum atomic E-state index is 14.2. The number of benzene rings is 1. The predicted molar refractivity (Wildman–Crippen MR) is 74.1 cm³/mol. The Bertz CT molecular complexity index is 605. The van der Waals surface area contributed by atoms with E-state index < -0.39 is 23.9 Å². The first-order valence-corrected chi connectivity index (χ1v) is 7.39. The van der Waals surface area contributed by atoms with Crippen molar-refractivity contribution in [3.63, 3.8) is 0 Å². The number of carboxylic acids is 1. The topological polar surface area (TPSA) is 66.8 Å². The van der Waals surface area contributed by atoms with Gasteiger partial charge in [0.15, 0.2) is 6.10 Å². The Balaban J connectivity index is 2.06. The molecule has 0 bridgehead atoms. The molecular weight excluding hydrogens is 345 g/mol. The van der Waals surface area contributed by atoms with Gasteiger partial charge < -0.3 is 14.7 Å². The molecule has 1 heterocycles. The van der Waals surface area contributed by atoms with E-state index in [1.54, 1.807) is 6.07 Å². The van der Waals surface area contributed by atoms with Gasteiger partial charge in [-0.2, -0.15) is 0 Å². The van der Waals surface area contributed by atoms with E-state index in [0.29, 0.717) is 4.47 Å². The first kappa shape index (κ1) is 14.5. The molecule has 0 aromatic heterocycles. The summed E-state index contributed by atoms with van der Waals surface area (Å²) in [6.45, 7) is -0.276. The van der Waals surface area contributed by atoms with Gasteiger partial charge in [0.1, 0.15) is 12.4 Å². The molecule has 3 rings (SSSR count). The van der Waals surface area contributed by atoms with E-state index in [1.807, 2.05) is 0 Å². The van der Waals surface area contributed by atoms with Crippen LogP contribution in [0.1, 0.15) is 24.4 Å². The van der Waals surface area contributed by atoms with Gasteiger partial charge in [0.25, 0.3) is 0 Å². The van der Waals surface area contributed by atoms with Gasteiger partial charge >= 0.3 is 5.97 Å². The molecule has 1 saturated carbocycles. The SMILES string of the molecule is O=C(O)C1OCC(=O)N(C2CC2)C1c1ccc(Br)cc1F. The molecule has 112 valence electrons. The van der Waals surface area contributed by atoms with Gasteiger partial charge in [-0.25, -0.2) is 9.18 Å². The number of carboxylic acid groups (broad SMARTS) is 1. The number of hydrogen-bond acceptors (Lipinski definition) is 3. The number of carbonyl (C=O) groups excluding carboxylic acids is 1. The Morgan fingerprint density at radius 3 is 2.71 bits per heavy atom. The fourth-order valence-corrected chi connectivity index (χ4v) is 3.00. The Hall–Kier alpha value is -1.47. The van der Waals surface area contributed by atoms with Gasteiger partial charge in [-0.1, -0.05) is 22.0 Å². The number of nitrogens with zero attached hydrogens (tertiary/aromatic N) is 1. The van der Waals surface area contributed by atoms with E-state index in [1.165, 1.54) is 17.0 Å². The third kappa shape index (κ3) is 2.67. The van der Waals surface area contributed by atoms with Gasteiger partial charge in [0.2, 0.25) is 5.91 Å². The maximum absolute atomic E-state index is 14.2. The van der Waals surface area contributed by atoms with Crippen LogP contribution in [0.4, 0.5) is 4.39 Å². The highest BCUT2D eigenvalue weighted by atomic mass is 79.9. The number of halogens is 2. The molecule has 0 radical (unpaired) electrons. The summed E-state index contributed by atoms with van der Waals surface area (Å²) in [7, 11) is 0. The minimum Gasteiger partial charge on any atom is -0.479 e. The minimum absolute atomic E-state index is 0.0173. The summed E-state index contributed by atoms with van der Waals surface area (Å²) in [5, 5.41) is 9.33. The number of rotatable bonds is 3. The molecule has 1 N–H and O–H groups in total.